The van der Waals surface area contributed by atoms with Gasteiger partial charge in [-0.1, -0.05) is 6.07 Å². The fourth-order valence-corrected chi connectivity index (χ4v) is 2.27. The first-order valence-electron chi connectivity index (χ1n) is 6.30. The Balaban J connectivity index is 2.25. The molecule has 1 heterocycles. The topological polar surface area (TPSA) is 64.8 Å². The van der Waals surface area contributed by atoms with Crippen LogP contribution in [0.15, 0.2) is 18.2 Å². The molecule has 1 fully saturated rings. The number of anilines is 1. The van der Waals surface area contributed by atoms with Crippen LogP contribution in [0.25, 0.3) is 0 Å². The van der Waals surface area contributed by atoms with E-state index in [1.165, 1.54) is 7.11 Å². The lowest BCUT2D eigenvalue weighted by molar-refractivity contribution is -0.0763. The number of hydrogen-bond acceptors (Lipinski definition) is 4. The number of morpholine rings is 1. The van der Waals surface area contributed by atoms with Gasteiger partial charge in [-0.05, 0) is 26.0 Å². The molecule has 1 aliphatic rings. The third-order valence-corrected chi connectivity index (χ3v) is 3.23. The summed E-state index contributed by atoms with van der Waals surface area (Å²) in [4.78, 5) is 14.3. The van der Waals surface area contributed by atoms with Crippen molar-refractivity contribution in [3.63, 3.8) is 0 Å². The third kappa shape index (κ3) is 2.81. The lowest BCUT2D eigenvalue weighted by Crippen LogP contribution is -2.50. The van der Waals surface area contributed by atoms with E-state index < -0.39 is 0 Å². The highest BCUT2D eigenvalue weighted by molar-refractivity contribution is 6.00. The summed E-state index contributed by atoms with van der Waals surface area (Å²) in [6.07, 6.45) is 0. The van der Waals surface area contributed by atoms with Gasteiger partial charge in [0.05, 0.1) is 30.6 Å². The second kappa shape index (κ2) is 5.09. The summed E-state index contributed by atoms with van der Waals surface area (Å²) < 4.78 is 10.8. The van der Waals surface area contributed by atoms with Gasteiger partial charge in [-0.15, -0.1) is 0 Å². The maximum atomic E-state index is 12.5. The van der Waals surface area contributed by atoms with E-state index in [0.29, 0.717) is 36.7 Å². The van der Waals surface area contributed by atoms with Gasteiger partial charge in [0, 0.05) is 13.1 Å². The number of nitrogen functional groups attached to an aromatic ring is 1. The van der Waals surface area contributed by atoms with Crippen LogP contribution in [0.3, 0.4) is 0 Å². The molecular weight excluding hydrogens is 244 g/mol. The molecular formula is C14H20N2O3. The number of ether oxygens (including phenoxy) is 2. The van der Waals surface area contributed by atoms with E-state index in [9.17, 15) is 4.79 Å². The van der Waals surface area contributed by atoms with E-state index in [1.807, 2.05) is 13.8 Å². The summed E-state index contributed by atoms with van der Waals surface area (Å²) in [7, 11) is 1.54. The standard InChI is InChI=1S/C14H20N2O3/c1-14(2)9-16(7-8-19-14)13(17)10-5-4-6-11(18-3)12(10)15/h4-6H,7-9,15H2,1-3H3. The van der Waals surface area contributed by atoms with Crippen LogP contribution in [0.4, 0.5) is 5.69 Å². The summed E-state index contributed by atoms with van der Waals surface area (Å²) in [5.41, 5.74) is 6.52. The fourth-order valence-electron chi connectivity index (χ4n) is 2.27. The first-order valence-corrected chi connectivity index (χ1v) is 6.30. The number of nitrogens with two attached hydrogens (primary N) is 1. The first kappa shape index (κ1) is 13.7. The second-order valence-electron chi connectivity index (χ2n) is 5.26. The number of rotatable bonds is 2. The van der Waals surface area contributed by atoms with Crippen LogP contribution >= 0.6 is 0 Å². The van der Waals surface area contributed by atoms with Gasteiger partial charge in [0.15, 0.2) is 0 Å². The summed E-state index contributed by atoms with van der Waals surface area (Å²) in [5, 5.41) is 0. The van der Waals surface area contributed by atoms with Crippen molar-refractivity contribution in [3.05, 3.63) is 23.8 Å². The first-order chi connectivity index (χ1) is 8.94. The summed E-state index contributed by atoms with van der Waals surface area (Å²) >= 11 is 0. The molecule has 0 bridgehead atoms. The summed E-state index contributed by atoms with van der Waals surface area (Å²) in [6, 6.07) is 5.24. The fraction of sp³-hybridized carbons (Fsp3) is 0.500. The maximum absolute atomic E-state index is 12.5. The molecule has 0 spiro atoms. The third-order valence-electron chi connectivity index (χ3n) is 3.23. The van der Waals surface area contributed by atoms with Crippen LogP contribution in [0, 0.1) is 0 Å². The minimum Gasteiger partial charge on any atom is -0.495 e. The zero-order valence-electron chi connectivity index (χ0n) is 11.6. The molecule has 1 saturated heterocycles. The minimum atomic E-state index is -0.318. The number of para-hydroxylation sites is 1. The molecule has 1 aliphatic heterocycles. The van der Waals surface area contributed by atoms with E-state index in [2.05, 4.69) is 0 Å². The smallest absolute Gasteiger partial charge is 0.256 e. The molecule has 5 heteroatoms. The Morgan fingerprint density at radius 3 is 2.84 bits per heavy atom. The zero-order valence-corrected chi connectivity index (χ0v) is 11.6. The molecule has 1 amide bonds. The molecule has 2 N–H and O–H groups in total. The van der Waals surface area contributed by atoms with Crippen molar-refractivity contribution in [2.24, 2.45) is 0 Å². The van der Waals surface area contributed by atoms with E-state index >= 15 is 0 Å². The molecule has 0 unspecified atom stereocenters. The molecule has 0 aromatic heterocycles. The molecule has 1 aromatic carbocycles. The van der Waals surface area contributed by atoms with Crippen molar-refractivity contribution in [1.29, 1.82) is 0 Å². The van der Waals surface area contributed by atoms with Gasteiger partial charge in [-0.2, -0.15) is 0 Å². The highest BCUT2D eigenvalue weighted by atomic mass is 16.5. The minimum absolute atomic E-state index is 0.0761. The average molecular weight is 264 g/mol. The van der Waals surface area contributed by atoms with Gasteiger partial charge in [0.1, 0.15) is 5.75 Å². The molecule has 19 heavy (non-hydrogen) atoms. The molecule has 2 rings (SSSR count). The van der Waals surface area contributed by atoms with E-state index in [1.54, 1.807) is 23.1 Å². The molecule has 5 nitrogen and oxygen atoms in total. The van der Waals surface area contributed by atoms with Crippen LogP contribution in [0.5, 0.6) is 5.75 Å². The van der Waals surface area contributed by atoms with E-state index in [0.717, 1.165) is 0 Å². The molecule has 0 atom stereocenters. The SMILES string of the molecule is COc1cccc(C(=O)N2CCOC(C)(C)C2)c1N. The van der Waals surface area contributed by atoms with Crippen LogP contribution < -0.4 is 10.5 Å². The van der Waals surface area contributed by atoms with Gasteiger partial charge in [0.2, 0.25) is 0 Å². The van der Waals surface area contributed by atoms with Crippen molar-refractivity contribution in [1.82, 2.24) is 4.90 Å². The van der Waals surface area contributed by atoms with Gasteiger partial charge in [-0.3, -0.25) is 4.79 Å². The maximum Gasteiger partial charge on any atom is 0.256 e. The summed E-state index contributed by atoms with van der Waals surface area (Å²) in [5.74, 6) is 0.450. The highest BCUT2D eigenvalue weighted by Gasteiger charge is 2.31. The number of hydrogen-bond donors (Lipinski definition) is 1. The van der Waals surface area contributed by atoms with Gasteiger partial charge < -0.3 is 20.1 Å². The highest BCUT2D eigenvalue weighted by Crippen LogP contribution is 2.27. The predicted octanol–water partition coefficient (Wildman–Crippen LogP) is 1.53. The largest absolute Gasteiger partial charge is 0.495 e. The molecule has 0 radical (unpaired) electrons. The number of carbonyl (C=O) groups is 1. The predicted molar refractivity (Wildman–Crippen MR) is 73.3 cm³/mol. The molecule has 0 aliphatic carbocycles. The van der Waals surface area contributed by atoms with Crippen molar-refractivity contribution < 1.29 is 14.3 Å². The lowest BCUT2D eigenvalue weighted by Gasteiger charge is -2.38. The molecule has 104 valence electrons. The molecule has 0 saturated carbocycles. The Morgan fingerprint density at radius 2 is 2.21 bits per heavy atom. The van der Waals surface area contributed by atoms with Crippen molar-refractivity contribution in [2.75, 3.05) is 32.5 Å². The Hall–Kier alpha value is -1.75. The lowest BCUT2D eigenvalue weighted by atomic mass is 10.1. The van der Waals surface area contributed by atoms with Crippen LogP contribution in [-0.4, -0.2) is 43.2 Å². The second-order valence-corrected chi connectivity index (χ2v) is 5.26. The van der Waals surface area contributed by atoms with Crippen molar-refractivity contribution in [2.45, 2.75) is 19.4 Å². The van der Waals surface area contributed by atoms with Gasteiger partial charge in [-0.25, -0.2) is 0 Å². The summed E-state index contributed by atoms with van der Waals surface area (Å²) in [6.45, 7) is 5.63. The van der Waals surface area contributed by atoms with Crippen molar-refractivity contribution >= 4 is 11.6 Å². The van der Waals surface area contributed by atoms with Gasteiger partial charge >= 0.3 is 0 Å². The van der Waals surface area contributed by atoms with Crippen molar-refractivity contribution in [3.8, 4) is 5.75 Å². The van der Waals surface area contributed by atoms with Crippen LogP contribution in [0.1, 0.15) is 24.2 Å². The van der Waals surface area contributed by atoms with Gasteiger partial charge in [0.25, 0.3) is 5.91 Å². The Kier molecular flexibility index (Phi) is 3.66. The average Bonchev–Trinajstić information content (AvgIpc) is 2.37. The van der Waals surface area contributed by atoms with E-state index in [-0.39, 0.29) is 11.5 Å². The number of methoxy groups -OCH3 is 1. The Bertz CT molecular complexity index is 486. The normalized spacial score (nSPS) is 18.2. The number of nitrogens with zero attached hydrogens (tertiary/aromatic N) is 1. The van der Waals surface area contributed by atoms with Crippen LogP contribution in [-0.2, 0) is 4.74 Å². The quantitative estimate of drug-likeness (QED) is 0.823. The Morgan fingerprint density at radius 1 is 1.47 bits per heavy atom. The number of carbonyl (C=O) groups excluding carboxylic acids is 1. The monoisotopic (exact) mass is 264 g/mol. The zero-order chi connectivity index (χ0) is 14.0. The molecule has 1 aromatic rings. The van der Waals surface area contributed by atoms with E-state index in [4.69, 9.17) is 15.2 Å². The Labute approximate surface area is 113 Å². The number of benzene rings is 1. The van der Waals surface area contributed by atoms with Crippen LogP contribution in [0.2, 0.25) is 0 Å². The number of amides is 1.